The molecule has 0 saturated carbocycles. The minimum absolute atomic E-state index is 0.735. The van der Waals surface area contributed by atoms with E-state index in [9.17, 15) is 22.4 Å². The molecule has 1 aromatic carbocycles. The fraction of sp³-hybridized carbons (Fsp3) is 0.300. The smallest absolute Gasteiger partial charge is 0.418 e. The fourth-order valence-corrected chi connectivity index (χ4v) is 1.20. The second-order valence-corrected chi connectivity index (χ2v) is 3.15. The minimum atomic E-state index is -4.88. The van der Waals surface area contributed by atoms with Crippen LogP contribution in [0.15, 0.2) is 24.3 Å². The van der Waals surface area contributed by atoms with Crippen LogP contribution in [0.5, 0.6) is 0 Å². The molecule has 3 nitrogen and oxygen atoms in total. The van der Waals surface area contributed by atoms with Gasteiger partial charge in [0.05, 0.1) is 0 Å². The van der Waals surface area contributed by atoms with Gasteiger partial charge in [-0.2, -0.15) is 13.2 Å². The molecule has 0 fully saturated rings. The van der Waals surface area contributed by atoms with E-state index in [-0.39, 0.29) is 0 Å². The molecule has 1 N–H and O–H groups in total. The van der Waals surface area contributed by atoms with Gasteiger partial charge in [0, 0.05) is 5.56 Å². The predicted molar refractivity (Wildman–Crippen MR) is 48.8 cm³/mol. The molecular formula is C10H8F4O3. The molecule has 0 aromatic heterocycles. The first kappa shape index (κ1) is 13.4. The number of hydrogen-bond donors (Lipinski definition) is 1. The topological polar surface area (TPSA) is 46.5 Å². The van der Waals surface area contributed by atoms with Crippen molar-refractivity contribution < 1.29 is 32.2 Å². The van der Waals surface area contributed by atoms with Crippen molar-refractivity contribution in [2.45, 2.75) is 12.3 Å². The van der Waals surface area contributed by atoms with E-state index in [1.54, 1.807) is 0 Å². The molecule has 0 radical (unpaired) electrons. The quantitative estimate of drug-likeness (QED) is 0.837. The lowest BCUT2D eigenvalue weighted by molar-refractivity contribution is -0.225. The summed E-state index contributed by atoms with van der Waals surface area (Å²) in [5.74, 6) is -2.66. The first-order valence-corrected chi connectivity index (χ1v) is 4.47. The molecule has 0 amide bonds. The van der Waals surface area contributed by atoms with Crippen LogP contribution in [-0.2, 0) is 9.53 Å². The van der Waals surface area contributed by atoms with Gasteiger partial charge in [-0.25, -0.2) is 9.18 Å². The third-order valence-electron chi connectivity index (χ3n) is 1.86. The predicted octanol–water partition coefficient (Wildman–Crippen LogP) is 2.53. The van der Waals surface area contributed by atoms with Crippen molar-refractivity contribution in [3.8, 4) is 0 Å². The highest BCUT2D eigenvalue weighted by atomic mass is 19.4. The van der Waals surface area contributed by atoms with Crippen LogP contribution in [0.2, 0.25) is 0 Å². The summed E-state index contributed by atoms with van der Waals surface area (Å²) < 4.78 is 55.0. The van der Waals surface area contributed by atoms with Gasteiger partial charge in [-0.1, -0.05) is 18.2 Å². The third kappa shape index (κ3) is 3.70. The Morgan fingerprint density at radius 2 is 1.94 bits per heavy atom. The summed E-state index contributed by atoms with van der Waals surface area (Å²) in [5.41, 5.74) is -0.735. The number of carboxylic acids is 1. The van der Waals surface area contributed by atoms with Crippen molar-refractivity contribution >= 4 is 5.97 Å². The Bertz CT molecular complexity index is 403. The molecule has 94 valence electrons. The van der Waals surface area contributed by atoms with Crippen LogP contribution in [0, 0.1) is 5.82 Å². The highest BCUT2D eigenvalue weighted by molar-refractivity contribution is 5.68. The highest BCUT2D eigenvalue weighted by Gasteiger charge is 2.43. The average Bonchev–Trinajstić information content (AvgIpc) is 2.18. The monoisotopic (exact) mass is 252 g/mol. The molecule has 0 aliphatic heterocycles. The zero-order valence-electron chi connectivity index (χ0n) is 8.37. The van der Waals surface area contributed by atoms with Gasteiger partial charge in [0.1, 0.15) is 12.4 Å². The Morgan fingerprint density at radius 1 is 1.35 bits per heavy atom. The first-order valence-electron chi connectivity index (χ1n) is 4.47. The Kier molecular flexibility index (Phi) is 4.06. The summed E-state index contributed by atoms with van der Waals surface area (Å²) in [4.78, 5) is 10.2. The normalized spacial score (nSPS) is 13.4. The van der Waals surface area contributed by atoms with Gasteiger partial charge in [0.25, 0.3) is 0 Å². The van der Waals surface area contributed by atoms with Crippen LogP contribution < -0.4 is 0 Å². The number of hydrogen-bond acceptors (Lipinski definition) is 2. The molecule has 0 saturated heterocycles. The van der Waals surface area contributed by atoms with Crippen LogP contribution in [0.3, 0.4) is 0 Å². The molecule has 7 heteroatoms. The third-order valence-corrected chi connectivity index (χ3v) is 1.86. The number of carboxylic acid groups (broad SMARTS) is 1. The largest absolute Gasteiger partial charge is 0.480 e. The van der Waals surface area contributed by atoms with Crippen LogP contribution in [-0.4, -0.2) is 23.9 Å². The van der Waals surface area contributed by atoms with E-state index in [1.807, 2.05) is 0 Å². The maximum absolute atomic E-state index is 13.2. The molecule has 0 spiro atoms. The number of rotatable bonds is 4. The van der Waals surface area contributed by atoms with Crippen LogP contribution >= 0.6 is 0 Å². The van der Waals surface area contributed by atoms with Gasteiger partial charge in [-0.05, 0) is 6.07 Å². The average molecular weight is 252 g/mol. The zero-order valence-corrected chi connectivity index (χ0v) is 8.37. The molecule has 1 atom stereocenters. The molecule has 0 heterocycles. The number of halogens is 4. The van der Waals surface area contributed by atoms with E-state index < -0.39 is 36.2 Å². The molecule has 0 aliphatic carbocycles. The number of benzene rings is 1. The number of alkyl halides is 3. The van der Waals surface area contributed by atoms with Crippen LogP contribution in [0.4, 0.5) is 17.6 Å². The lowest BCUT2D eigenvalue weighted by atomic mass is 10.1. The summed E-state index contributed by atoms with van der Waals surface area (Å²) in [6.07, 6.45) is -7.46. The Morgan fingerprint density at radius 3 is 2.41 bits per heavy atom. The number of carbonyl (C=O) groups is 1. The standard InChI is InChI=1S/C10H8F4O3/c11-7-4-2-1-3-6(7)9(10(12,13)14)17-5-8(15)16/h1-4,9H,5H2,(H,15,16)/t9-/m1/s1. The van der Waals surface area contributed by atoms with Gasteiger partial charge in [0.2, 0.25) is 0 Å². The van der Waals surface area contributed by atoms with E-state index in [4.69, 9.17) is 5.11 Å². The van der Waals surface area contributed by atoms with Crippen molar-refractivity contribution in [1.82, 2.24) is 0 Å². The van der Waals surface area contributed by atoms with Crippen molar-refractivity contribution in [1.29, 1.82) is 0 Å². The van der Waals surface area contributed by atoms with Gasteiger partial charge < -0.3 is 9.84 Å². The summed E-state index contributed by atoms with van der Waals surface area (Å²) in [5, 5.41) is 8.26. The van der Waals surface area contributed by atoms with Gasteiger partial charge in [-0.15, -0.1) is 0 Å². The number of ether oxygens (including phenoxy) is 1. The van der Waals surface area contributed by atoms with E-state index in [1.165, 1.54) is 12.1 Å². The summed E-state index contributed by atoms with van der Waals surface area (Å²) in [6, 6.07) is 4.18. The van der Waals surface area contributed by atoms with Crippen molar-refractivity contribution in [2.24, 2.45) is 0 Å². The lowest BCUT2D eigenvalue weighted by Gasteiger charge is -2.20. The number of aliphatic carboxylic acids is 1. The van der Waals surface area contributed by atoms with Crippen LogP contribution in [0.25, 0.3) is 0 Å². The maximum atomic E-state index is 13.2. The second kappa shape index (κ2) is 5.13. The molecule has 1 rings (SSSR count). The Hall–Kier alpha value is -1.63. The van der Waals surface area contributed by atoms with Gasteiger partial charge in [0.15, 0.2) is 6.10 Å². The van der Waals surface area contributed by atoms with E-state index in [0.717, 1.165) is 12.1 Å². The molecule has 0 bridgehead atoms. The van der Waals surface area contributed by atoms with E-state index >= 15 is 0 Å². The molecule has 17 heavy (non-hydrogen) atoms. The molecule has 0 unspecified atom stereocenters. The van der Waals surface area contributed by atoms with Crippen molar-refractivity contribution in [3.63, 3.8) is 0 Å². The lowest BCUT2D eigenvalue weighted by Crippen LogP contribution is -2.26. The van der Waals surface area contributed by atoms with Crippen molar-refractivity contribution in [3.05, 3.63) is 35.6 Å². The van der Waals surface area contributed by atoms with Crippen molar-refractivity contribution in [2.75, 3.05) is 6.61 Å². The summed E-state index contributed by atoms with van der Waals surface area (Å²) >= 11 is 0. The first-order chi connectivity index (χ1) is 7.82. The maximum Gasteiger partial charge on any atom is 0.418 e. The van der Waals surface area contributed by atoms with E-state index in [2.05, 4.69) is 4.74 Å². The summed E-state index contributed by atoms with van der Waals surface area (Å²) in [7, 11) is 0. The molecular weight excluding hydrogens is 244 g/mol. The Balaban J connectivity index is 2.99. The molecule has 0 aliphatic rings. The minimum Gasteiger partial charge on any atom is -0.480 e. The highest BCUT2D eigenvalue weighted by Crippen LogP contribution is 2.36. The van der Waals surface area contributed by atoms with Gasteiger partial charge in [-0.3, -0.25) is 0 Å². The SMILES string of the molecule is O=C(O)CO[C@H](c1ccccc1F)C(F)(F)F. The fourth-order valence-electron chi connectivity index (χ4n) is 1.20. The second-order valence-electron chi connectivity index (χ2n) is 3.15. The Labute approximate surface area is 93.6 Å². The zero-order chi connectivity index (χ0) is 13.1. The van der Waals surface area contributed by atoms with Gasteiger partial charge >= 0.3 is 12.1 Å². The van der Waals surface area contributed by atoms with Crippen LogP contribution in [0.1, 0.15) is 11.7 Å². The van der Waals surface area contributed by atoms with E-state index in [0.29, 0.717) is 0 Å². The summed E-state index contributed by atoms with van der Waals surface area (Å²) in [6.45, 7) is -1.15. The molecule has 1 aromatic rings.